The van der Waals surface area contributed by atoms with E-state index >= 15 is 0 Å². The average molecular weight is 183 g/mol. The first-order valence-corrected chi connectivity index (χ1v) is 4.92. The van der Waals surface area contributed by atoms with E-state index < -0.39 is 14.8 Å². The molecule has 58 valence electrons. The van der Waals surface area contributed by atoms with Crippen molar-refractivity contribution in [2.75, 3.05) is 5.75 Å². The van der Waals surface area contributed by atoms with Crippen LogP contribution in [0.1, 0.15) is 0 Å². The summed E-state index contributed by atoms with van der Waals surface area (Å²) in [5.41, 5.74) is 0. The lowest BCUT2D eigenvalue weighted by Crippen LogP contribution is -2.31. The van der Waals surface area contributed by atoms with Crippen molar-refractivity contribution < 1.29 is 17.8 Å². The van der Waals surface area contributed by atoms with Crippen LogP contribution < -0.4 is 5.32 Å². The van der Waals surface area contributed by atoms with Crippen LogP contribution in [0.25, 0.3) is 0 Å². The Morgan fingerprint density at radius 3 is 2.50 bits per heavy atom. The number of carbonyl (C=O) groups is 1. The van der Waals surface area contributed by atoms with Gasteiger partial charge in [-0.15, -0.1) is 11.8 Å². The summed E-state index contributed by atoms with van der Waals surface area (Å²) in [6, 6.07) is 0. The van der Waals surface area contributed by atoms with Gasteiger partial charge in [0, 0.05) is 0 Å². The summed E-state index contributed by atoms with van der Waals surface area (Å²) in [7, 11) is -4.10. The highest BCUT2D eigenvalue weighted by atomic mass is 32.3. The summed E-state index contributed by atoms with van der Waals surface area (Å²) >= 11 is 0.859. The minimum atomic E-state index is -4.10. The Hall–Kier alpha value is -0.270. The molecule has 0 bridgehead atoms. The van der Waals surface area contributed by atoms with E-state index in [1.54, 1.807) is 0 Å². The van der Waals surface area contributed by atoms with Crippen LogP contribution >= 0.6 is 11.8 Å². The Morgan fingerprint density at radius 1 is 1.70 bits per heavy atom. The normalized spacial score (nSPS) is 26.5. The van der Waals surface area contributed by atoms with Gasteiger partial charge in [0.2, 0.25) is 10.6 Å². The van der Waals surface area contributed by atoms with Crippen molar-refractivity contribution in [3.8, 4) is 0 Å². The molecule has 0 aromatic rings. The summed E-state index contributed by atoms with van der Waals surface area (Å²) in [5, 5.41) is 2.08. The first-order valence-electron chi connectivity index (χ1n) is 2.37. The van der Waals surface area contributed by atoms with Crippen molar-refractivity contribution in [3.05, 3.63) is 0 Å². The maximum atomic E-state index is 10.4. The number of thioether (sulfide) groups is 1. The number of hydrogen-bond acceptors (Lipinski definition) is 4. The molecule has 0 saturated carbocycles. The quantitative estimate of drug-likeness (QED) is 0.510. The molecule has 2 N–H and O–H groups in total. The fraction of sp³-hybridized carbons (Fsp3) is 0.667. The summed E-state index contributed by atoms with van der Waals surface area (Å²) in [6.07, 6.45) is 0. The molecule has 10 heavy (non-hydrogen) atoms. The second-order valence-corrected chi connectivity index (χ2v) is 4.62. The van der Waals surface area contributed by atoms with Crippen LogP contribution in [0.5, 0.6) is 0 Å². The molecule has 1 unspecified atom stereocenters. The fourth-order valence-electron chi connectivity index (χ4n) is 0.527. The van der Waals surface area contributed by atoms with Gasteiger partial charge in [0.1, 0.15) is 0 Å². The van der Waals surface area contributed by atoms with Crippen LogP contribution in [0.3, 0.4) is 0 Å². The fourth-order valence-corrected chi connectivity index (χ4v) is 2.30. The van der Waals surface area contributed by atoms with Crippen molar-refractivity contribution in [1.29, 1.82) is 0 Å². The second-order valence-electron chi connectivity index (χ2n) is 1.73. The Bertz CT molecular complexity index is 245. The minimum absolute atomic E-state index is 0.0878. The van der Waals surface area contributed by atoms with Crippen molar-refractivity contribution >= 4 is 27.8 Å². The van der Waals surface area contributed by atoms with Gasteiger partial charge >= 0.3 is 0 Å². The third-order valence-corrected chi connectivity index (χ3v) is 3.56. The molecular formula is C3H5NO4S2. The van der Waals surface area contributed by atoms with E-state index in [9.17, 15) is 13.2 Å². The summed E-state index contributed by atoms with van der Waals surface area (Å²) in [4.78, 5) is 10.4. The lowest BCUT2D eigenvalue weighted by molar-refractivity contribution is -0.117. The van der Waals surface area contributed by atoms with Crippen molar-refractivity contribution in [3.63, 3.8) is 0 Å². The molecule has 0 aromatic carbocycles. The van der Waals surface area contributed by atoms with E-state index in [2.05, 4.69) is 5.32 Å². The highest BCUT2D eigenvalue weighted by Gasteiger charge is 2.31. The molecule has 1 rings (SSSR count). The molecule has 1 fully saturated rings. The van der Waals surface area contributed by atoms with Gasteiger partial charge in [0.05, 0.1) is 5.75 Å². The van der Waals surface area contributed by atoms with Crippen LogP contribution in [0.2, 0.25) is 0 Å². The molecule has 1 amide bonds. The third kappa shape index (κ3) is 1.61. The molecule has 1 saturated heterocycles. The molecule has 0 radical (unpaired) electrons. The molecule has 7 heteroatoms. The Labute approximate surface area is 61.9 Å². The Kier molecular flexibility index (Phi) is 1.88. The molecule has 1 aliphatic rings. The lowest BCUT2D eigenvalue weighted by atomic mass is 10.7. The third-order valence-electron chi connectivity index (χ3n) is 0.915. The largest absolute Gasteiger partial charge is 0.329 e. The number of rotatable bonds is 1. The molecular weight excluding hydrogens is 178 g/mol. The summed E-state index contributed by atoms with van der Waals surface area (Å²) in [5.74, 6) is -0.280. The van der Waals surface area contributed by atoms with Crippen LogP contribution in [0.15, 0.2) is 0 Å². The topological polar surface area (TPSA) is 83.5 Å². The van der Waals surface area contributed by atoms with E-state index in [1.165, 1.54) is 0 Å². The lowest BCUT2D eigenvalue weighted by Gasteiger charge is -2.02. The molecule has 5 nitrogen and oxygen atoms in total. The van der Waals surface area contributed by atoms with Gasteiger partial charge in [-0.05, 0) is 0 Å². The van der Waals surface area contributed by atoms with Crippen LogP contribution in [-0.2, 0) is 14.9 Å². The van der Waals surface area contributed by atoms with E-state index in [1.807, 2.05) is 0 Å². The first kappa shape index (κ1) is 7.83. The highest BCUT2D eigenvalue weighted by molar-refractivity contribution is 8.12. The Morgan fingerprint density at radius 2 is 2.30 bits per heavy atom. The summed E-state index contributed by atoms with van der Waals surface area (Å²) in [6.45, 7) is 0. The van der Waals surface area contributed by atoms with Gasteiger partial charge in [-0.25, -0.2) is 0 Å². The van der Waals surface area contributed by atoms with E-state index in [4.69, 9.17) is 4.55 Å². The van der Waals surface area contributed by atoms with Crippen molar-refractivity contribution in [1.82, 2.24) is 5.32 Å². The zero-order valence-corrected chi connectivity index (χ0v) is 6.41. The van der Waals surface area contributed by atoms with E-state index in [-0.39, 0.29) is 11.7 Å². The minimum Gasteiger partial charge on any atom is -0.329 e. The predicted molar refractivity (Wildman–Crippen MR) is 35.9 cm³/mol. The molecule has 1 atom stereocenters. The standard InChI is InChI=1S/C3H5NO4S2/c5-2-1-9-3(4-2)10(6,7)8/h3H,1H2,(H,4,5)(H,6,7,8). The van der Waals surface area contributed by atoms with Crippen LogP contribution in [-0.4, -0.2) is 29.3 Å². The molecule has 0 aliphatic carbocycles. The SMILES string of the molecule is O=C1CSC(S(=O)(=O)O)N1. The number of carbonyl (C=O) groups excluding carboxylic acids is 1. The number of hydrogen-bond donors (Lipinski definition) is 2. The predicted octanol–water partition coefficient (Wildman–Crippen LogP) is -0.979. The maximum Gasteiger partial charge on any atom is 0.296 e. The zero-order chi connectivity index (χ0) is 7.78. The van der Waals surface area contributed by atoms with E-state index in [0.717, 1.165) is 11.8 Å². The summed E-state index contributed by atoms with van der Waals surface area (Å²) < 4.78 is 27.8. The number of amides is 1. The van der Waals surface area contributed by atoms with Gasteiger partial charge < -0.3 is 5.32 Å². The molecule has 0 spiro atoms. The maximum absolute atomic E-state index is 10.4. The molecule has 1 aliphatic heterocycles. The van der Waals surface area contributed by atoms with Crippen LogP contribution in [0, 0.1) is 0 Å². The zero-order valence-electron chi connectivity index (χ0n) is 4.77. The average Bonchev–Trinajstić information content (AvgIpc) is 2.11. The van der Waals surface area contributed by atoms with Gasteiger partial charge in [-0.2, -0.15) is 8.42 Å². The molecule has 1 heterocycles. The van der Waals surface area contributed by atoms with Crippen molar-refractivity contribution in [2.45, 2.75) is 4.71 Å². The van der Waals surface area contributed by atoms with Gasteiger partial charge in [0.15, 0.2) is 0 Å². The highest BCUT2D eigenvalue weighted by Crippen LogP contribution is 2.18. The number of nitrogens with one attached hydrogen (secondary N) is 1. The van der Waals surface area contributed by atoms with Gasteiger partial charge in [-0.3, -0.25) is 9.35 Å². The Balaban J connectivity index is 2.71. The monoisotopic (exact) mass is 183 g/mol. The van der Waals surface area contributed by atoms with Gasteiger partial charge in [0.25, 0.3) is 10.1 Å². The first-order chi connectivity index (χ1) is 4.50. The van der Waals surface area contributed by atoms with Crippen LogP contribution in [0.4, 0.5) is 0 Å². The van der Waals surface area contributed by atoms with E-state index in [0.29, 0.717) is 0 Å². The second kappa shape index (κ2) is 2.40. The smallest absolute Gasteiger partial charge is 0.296 e. The molecule has 0 aromatic heterocycles. The van der Waals surface area contributed by atoms with Gasteiger partial charge in [-0.1, -0.05) is 0 Å². The van der Waals surface area contributed by atoms with Crippen molar-refractivity contribution in [2.24, 2.45) is 0 Å².